The maximum atomic E-state index is 13.2. The molecule has 0 aliphatic rings. The van der Waals surface area contributed by atoms with Crippen molar-refractivity contribution in [1.29, 1.82) is 0 Å². The lowest BCUT2D eigenvalue weighted by molar-refractivity contribution is -0.146. The van der Waals surface area contributed by atoms with E-state index in [1.165, 1.54) is 12.1 Å². The molecule has 0 spiro atoms. The number of aliphatic hydroxyl groups is 1. The van der Waals surface area contributed by atoms with Crippen LogP contribution < -0.4 is 10.6 Å². The second kappa shape index (κ2) is 7.05. The van der Waals surface area contributed by atoms with E-state index in [1.807, 2.05) is 0 Å². The van der Waals surface area contributed by atoms with Crippen LogP contribution >= 0.6 is 15.9 Å². The third-order valence-electron chi connectivity index (χ3n) is 2.17. The highest BCUT2D eigenvalue weighted by Gasteiger charge is 2.12. The highest BCUT2D eigenvalue weighted by Crippen LogP contribution is 2.19. The lowest BCUT2D eigenvalue weighted by Crippen LogP contribution is -2.33. The Balaban J connectivity index is 2.39. The van der Waals surface area contributed by atoms with E-state index in [2.05, 4.69) is 26.6 Å². The number of carboxylic acid groups (broad SMARTS) is 1. The summed E-state index contributed by atoms with van der Waals surface area (Å²) < 4.78 is 13.4. The Kier molecular flexibility index (Phi) is 5.71. The number of halogens is 2. The van der Waals surface area contributed by atoms with E-state index >= 15 is 0 Å². The van der Waals surface area contributed by atoms with Crippen LogP contribution in [0, 0.1) is 5.82 Å². The quantitative estimate of drug-likeness (QED) is 0.656. The third kappa shape index (κ3) is 5.23. The summed E-state index contributed by atoms with van der Waals surface area (Å²) >= 11 is 2.98. The van der Waals surface area contributed by atoms with Gasteiger partial charge in [-0.05, 0) is 34.1 Å². The van der Waals surface area contributed by atoms with Crippen LogP contribution in [0.3, 0.4) is 0 Å². The minimum Gasteiger partial charge on any atom is -0.479 e. The van der Waals surface area contributed by atoms with Crippen LogP contribution in [-0.4, -0.2) is 34.9 Å². The molecule has 104 valence electrons. The Morgan fingerprint density at radius 2 is 2.11 bits per heavy atom. The van der Waals surface area contributed by atoms with Crippen LogP contribution in [-0.2, 0) is 4.79 Å². The van der Waals surface area contributed by atoms with E-state index in [-0.39, 0.29) is 23.1 Å². The fourth-order valence-electron chi connectivity index (χ4n) is 1.20. The van der Waals surface area contributed by atoms with Gasteiger partial charge in [-0.3, -0.25) is 0 Å². The van der Waals surface area contributed by atoms with Gasteiger partial charge in [0.05, 0.1) is 4.47 Å². The molecule has 19 heavy (non-hydrogen) atoms. The van der Waals surface area contributed by atoms with Crippen molar-refractivity contribution in [3.8, 4) is 0 Å². The van der Waals surface area contributed by atoms with Crippen LogP contribution in [0.15, 0.2) is 22.7 Å². The van der Waals surface area contributed by atoms with E-state index in [4.69, 9.17) is 10.2 Å². The molecular formula is C11H12BrFN2O4. The largest absolute Gasteiger partial charge is 0.479 e. The molecule has 0 radical (unpaired) electrons. The van der Waals surface area contributed by atoms with Gasteiger partial charge in [0, 0.05) is 18.7 Å². The van der Waals surface area contributed by atoms with E-state index < -0.39 is 23.9 Å². The summed E-state index contributed by atoms with van der Waals surface area (Å²) in [6, 6.07) is 3.47. The van der Waals surface area contributed by atoms with Gasteiger partial charge in [0.15, 0.2) is 6.10 Å². The van der Waals surface area contributed by atoms with Crippen molar-refractivity contribution in [3.05, 3.63) is 28.5 Å². The van der Waals surface area contributed by atoms with E-state index in [0.717, 1.165) is 6.07 Å². The molecule has 0 unspecified atom stereocenters. The molecular weight excluding hydrogens is 323 g/mol. The monoisotopic (exact) mass is 334 g/mol. The Morgan fingerprint density at radius 1 is 1.42 bits per heavy atom. The average molecular weight is 335 g/mol. The number of hydrogen-bond acceptors (Lipinski definition) is 3. The predicted molar refractivity (Wildman–Crippen MR) is 69.4 cm³/mol. The minimum absolute atomic E-state index is 0.0156. The molecule has 4 N–H and O–H groups in total. The molecule has 1 atom stereocenters. The number of anilines is 1. The molecule has 0 aliphatic carbocycles. The van der Waals surface area contributed by atoms with Gasteiger partial charge < -0.3 is 20.8 Å². The van der Waals surface area contributed by atoms with E-state index in [0.29, 0.717) is 0 Å². The Bertz CT molecular complexity index is 484. The topological polar surface area (TPSA) is 98.7 Å². The SMILES string of the molecule is O=C(NCC[C@H](O)C(=O)O)Nc1ccc(Br)c(F)c1. The number of aliphatic carboxylic acids is 1. The summed E-state index contributed by atoms with van der Waals surface area (Å²) in [4.78, 5) is 21.7. The Labute approximate surface area is 116 Å². The average Bonchev–Trinajstić information content (AvgIpc) is 2.33. The molecule has 8 heteroatoms. The second-order valence-corrected chi connectivity index (χ2v) is 4.51. The standard InChI is InChI=1S/C11H12BrFN2O4/c12-7-2-1-6(5-8(7)13)15-11(19)14-4-3-9(16)10(17)18/h1-2,5,9,16H,3-4H2,(H,17,18)(H2,14,15,19)/t9-/m0/s1. The summed E-state index contributed by atoms with van der Waals surface area (Å²) in [5, 5.41) is 22.1. The van der Waals surface area contributed by atoms with Crippen LogP contribution in [0.4, 0.5) is 14.9 Å². The van der Waals surface area contributed by atoms with Gasteiger partial charge in [-0.1, -0.05) is 0 Å². The van der Waals surface area contributed by atoms with Gasteiger partial charge in [-0.15, -0.1) is 0 Å². The maximum absolute atomic E-state index is 13.2. The number of rotatable bonds is 5. The van der Waals surface area contributed by atoms with Gasteiger partial charge >= 0.3 is 12.0 Å². The van der Waals surface area contributed by atoms with Gasteiger partial charge in [0.25, 0.3) is 0 Å². The smallest absolute Gasteiger partial charge is 0.332 e. The van der Waals surface area contributed by atoms with E-state index in [9.17, 15) is 14.0 Å². The van der Waals surface area contributed by atoms with E-state index in [1.54, 1.807) is 0 Å². The first-order chi connectivity index (χ1) is 8.90. The fraction of sp³-hybridized carbons (Fsp3) is 0.273. The zero-order valence-electron chi connectivity index (χ0n) is 9.69. The van der Waals surface area contributed by atoms with Gasteiger partial charge in [-0.25, -0.2) is 14.0 Å². The number of hydrogen-bond donors (Lipinski definition) is 4. The first-order valence-corrected chi connectivity index (χ1v) is 6.10. The number of aliphatic hydroxyl groups excluding tert-OH is 1. The van der Waals surface area contributed by atoms with Crippen LogP contribution in [0.5, 0.6) is 0 Å². The fourth-order valence-corrected chi connectivity index (χ4v) is 1.44. The van der Waals surface area contributed by atoms with Crippen molar-refractivity contribution in [1.82, 2.24) is 5.32 Å². The van der Waals surface area contributed by atoms with Crippen LogP contribution in [0.2, 0.25) is 0 Å². The molecule has 0 fully saturated rings. The molecule has 6 nitrogen and oxygen atoms in total. The third-order valence-corrected chi connectivity index (χ3v) is 2.81. The molecule has 0 aromatic heterocycles. The van der Waals surface area contributed by atoms with Crippen molar-refractivity contribution in [2.75, 3.05) is 11.9 Å². The van der Waals surface area contributed by atoms with Crippen molar-refractivity contribution in [2.24, 2.45) is 0 Å². The molecule has 1 aromatic rings. The highest BCUT2D eigenvalue weighted by molar-refractivity contribution is 9.10. The number of carboxylic acids is 1. The van der Waals surface area contributed by atoms with Crippen LogP contribution in [0.1, 0.15) is 6.42 Å². The lowest BCUT2D eigenvalue weighted by atomic mass is 10.2. The molecule has 0 saturated carbocycles. The number of amides is 2. The number of carbonyl (C=O) groups is 2. The first-order valence-electron chi connectivity index (χ1n) is 5.31. The van der Waals surface area contributed by atoms with Gasteiger partial charge in [0.1, 0.15) is 5.82 Å². The summed E-state index contributed by atoms with van der Waals surface area (Å²) in [7, 11) is 0. The zero-order valence-corrected chi connectivity index (χ0v) is 11.3. The summed E-state index contributed by atoms with van der Waals surface area (Å²) in [5.74, 6) is -1.86. The predicted octanol–water partition coefficient (Wildman–Crippen LogP) is 1.55. The summed E-state index contributed by atoms with van der Waals surface area (Å²) in [6.45, 7) is -0.0156. The number of benzene rings is 1. The Morgan fingerprint density at radius 3 is 2.68 bits per heavy atom. The summed E-state index contributed by atoms with van der Waals surface area (Å²) in [5.41, 5.74) is 0.261. The number of carbonyl (C=O) groups excluding carboxylic acids is 1. The van der Waals surface area contributed by atoms with Crippen molar-refractivity contribution in [2.45, 2.75) is 12.5 Å². The Hall–Kier alpha value is -1.67. The molecule has 0 saturated heterocycles. The number of nitrogens with one attached hydrogen (secondary N) is 2. The minimum atomic E-state index is -1.52. The lowest BCUT2D eigenvalue weighted by Gasteiger charge is -2.09. The molecule has 0 heterocycles. The maximum Gasteiger partial charge on any atom is 0.332 e. The normalized spacial score (nSPS) is 11.7. The molecule has 0 aliphatic heterocycles. The molecule has 1 rings (SSSR count). The van der Waals surface area contributed by atoms with Crippen molar-refractivity contribution < 1.29 is 24.2 Å². The van der Waals surface area contributed by atoms with Crippen molar-refractivity contribution >= 4 is 33.6 Å². The zero-order chi connectivity index (χ0) is 14.4. The van der Waals surface area contributed by atoms with Gasteiger partial charge in [-0.2, -0.15) is 0 Å². The molecule has 1 aromatic carbocycles. The first kappa shape index (κ1) is 15.4. The number of urea groups is 1. The molecule has 0 bridgehead atoms. The summed E-state index contributed by atoms with van der Waals surface area (Å²) in [6.07, 6.45) is -1.64. The van der Waals surface area contributed by atoms with Crippen molar-refractivity contribution in [3.63, 3.8) is 0 Å². The highest BCUT2D eigenvalue weighted by atomic mass is 79.9. The second-order valence-electron chi connectivity index (χ2n) is 3.65. The molecule has 2 amide bonds. The van der Waals surface area contributed by atoms with Gasteiger partial charge in [0.2, 0.25) is 0 Å². The van der Waals surface area contributed by atoms with Crippen LogP contribution in [0.25, 0.3) is 0 Å².